The van der Waals surface area contributed by atoms with Crippen LogP contribution in [0.4, 0.5) is 13.2 Å². The Morgan fingerprint density at radius 3 is 2.21 bits per heavy atom. The average molecular weight is 395 g/mol. The van der Waals surface area contributed by atoms with Gasteiger partial charge in [-0.25, -0.2) is 4.79 Å². The van der Waals surface area contributed by atoms with E-state index in [0.717, 1.165) is 12.1 Å². The van der Waals surface area contributed by atoms with Gasteiger partial charge in [0.2, 0.25) is 0 Å². The fourth-order valence-corrected chi connectivity index (χ4v) is 2.33. The summed E-state index contributed by atoms with van der Waals surface area (Å²) in [6.07, 6.45) is -5.52. The Bertz CT molecular complexity index is 852. The molecule has 0 radical (unpaired) electrons. The number of rotatable bonds is 7. The van der Waals surface area contributed by atoms with E-state index in [1.165, 1.54) is 6.07 Å². The number of alkyl halides is 3. The van der Waals surface area contributed by atoms with Gasteiger partial charge < -0.3 is 15.2 Å². The summed E-state index contributed by atoms with van der Waals surface area (Å²) < 4.78 is 44.0. The molecule has 2 aromatic carbocycles. The van der Waals surface area contributed by atoms with Crippen LogP contribution < -0.4 is 5.32 Å². The lowest BCUT2D eigenvalue weighted by atomic mass is 10.1. The third-order valence-corrected chi connectivity index (χ3v) is 3.69. The van der Waals surface area contributed by atoms with Crippen LogP contribution in [0.1, 0.15) is 27.9 Å². The van der Waals surface area contributed by atoms with E-state index in [1.54, 1.807) is 30.3 Å². The predicted molar refractivity (Wildman–Crippen MR) is 91.2 cm³/mol. The number of amides is 1. The van der Waals surface area contributed by atoms with Gasteiger partial charge in [0, 0.05) is 0 Å². The van der Waals surface area contributed by atoms with Gasteiger partial charge in [-0.1, -0.05) is 42.5 Å². The Hall–Kier alpha value is -3.36. The van der Waals surface area contributed by atoms with Crippen molar-refractivity contribution in [2.24, 2.45) is 0 Å². The number of carbonyl (C=O) groups excluding carboxylic acids is 2. The molecule has 0 unspecified atom stereocenters. The van der Waals surface area contributed by atoms with Crippen LogP contribution in [0.25, 0.3) is 0 Å². The van der Waals surface area contributed by atoms with Crippen molar-refractivity contribution in [3.8, 4) is 0 Å². The van der Waals surface area contributed by atoms with Crippen LogP contribution >= 0.6 is 0 Å². The lowest BCUT2D eigenvalue weighted by molar-refractivity contribution is -0.150. The van der Waals surface area contributed by atoms with Crippen molar-refractivity contribution in [3.05, 3.63) is 71.3 Å². The molecule has 1 amide bonds. The zero-order chi connectivity index (χ0) is 20.7. The maximum atomic E-state index is 13.0. The molecule has 148 valence electrons. The molecule has 2 N–H and O–H groups in total. The molecular weight excluding hydrogens is 379 g/mol. The fourth-order valence-electron chi connectivity index (χ4n) is 2.33. The van der Waals surface area contributed by atoms with E-state index in [-0.39, 0.29) is 6.61 Å². The molecule has 1 atom stereocenters. The van der Waals surface area contributed by atoms with Gasteiger partial charge in [0.1, 0.15) is 12.6 Å². The molecule has 0 heterocycles. The Morgan fingerprint density at radius 2 is 1.61 bits per heavy atom. The minimum absolute atomic E-state index is 0.100. The summed E-state index contributed by atoms with van der Waals surface area (Å²) in [6.45, 7) is -0.100. The number of nitrogens with one attached hydrogen (secondary N) is 1. The second kappa shape index (κ2) is 9.03. The third kappa shape index (κ3) is 5.83. The Labute approximate surface area is 157 Å². The molecule has 0 aliphatic rings. The second-order valence-electron chi connectivity index (χ2n) is 5.76. The van der Waals surface area contributed by atoms with Crippen molar-refractivity contribution < 1.29 is 37.4 Å². The molecule has 0 aliphatic heterocycles. The van der Waals surface area contributed by atoms with Gasteiger partial charge >= 0.3 is 18.1 Å². The van der Waals surface area contributed by atoms with Crippen LogP contribution in [0.15, 0.2) is 54.6 Å². The largest absolute Gasteiger partial charge is 0.480 e. The van der Waals surface area contributed by atoms with Crippen LogP contribution in [0.5, 0.6) is 0 Å². The quantitative estimate of drug-likeness (QED) is 0.703. The molecule has 0 saturated heterocycles. The number of benzene rings is 2. The molecule has 9 heteroatoms. The highest BCUT2D eigenvalue weighted by molar-refractivity contribution is 5.98. The van der Waals surface area contributed by atoms with Crippen molar-refractivity contribution in [2.45, 2.75) is 25.2 Å². The monoisotopic (exact) mass is 395 g/mol. The summed E-state index contributed by atoms with van der Waals surface area (Å²) in [6, 6.07) is 10.8. The first-order chi connectivity index (χ1) is 13.2. The third-order valence-electron chi connectivity index (χ3n) is 3.69. The van der Waals surface area contributed by atoms with Crippen molar-refractivity contribution in [1.29, 1.82) is 0 Å². The zero-order valence-corrected chi connectivity index (χ0v) is 14.4. The van der Waals surface area contributed by atoms with Crippen molar-refractivity contribution in [3.63, 3.8) is 0 Å². The first kappa shape index (κ1) is 20.9. The van der Waals surface area contributed by atoms with Crippen LogP contribution in [0.2, 0.25) is 0 Å². The molecule has 0 fully saturated rings. The minimum atomic E-state index is -4.79. The van der Waals surface area contributed by atoms with Gasteiger partial charge in [-0.3, -0.25) is 9.59 Å². The van der Waals surface area contributed by atoms with Crippen molar-refractivity contribution in [1.82, 2.24) is 5.32 Å². The number of carboxylic acid groups (broad SMARTS) is 1. The highest BCUT2D eigenvalue weighted by Crippen LogP contribution is 2.31. The highest BCUT2D eigenvalue weighted by Gasteiger charge is 2.35. The lowest BCUT2D eigenvalue weighted by Crippen LogP contribution is -2.43. The summed E-state index contributed by atoms with van der Waals surface area (Å²) in [5, 5.41) is 11.1. The van der Waals surface area contributed by atoms with Gasteiger partial charge in [0.15, 0.2) is 0 Å². The van der Waals surface area contributed by atoms with Gasteiger partial charge in [0.25, 0.3) is 5.91 Å². The predicted octanol–water partition coefficient (Wildman–Crippen LogP) is 3.02. The van der Waals surface area contributed by atoms with Crippen molar-refractivity contribution in [2.75, 3.05) is 0 Å². The fraction of sp³-hybridized carbons (Fsp3) is 0.211. The number of halogens is 3. The van der Waals surface area contributed by atoms with Crippen LogP contribution in [0.3, 0.4) is 0 Å². The van der Waals surface area contributed by atoms with E-state index in [9.17, 15) is 32.7 Å². The van der Waals surface area contributed by atoms with E-state index >= 15 is 0 Å². The SMILES string of the molecule is O=C(C[C@H](NC(=O)c1ccccc1C(F)(F)F)C(=O)O)OCc1ccccc1. The molecular formula is C19H16F3NO5. The number of hydrogen-bond donors (Lipinski definition) is 2. The van der Waals surface area contributed by atoms with E-state index in [2.05, 4.69) is 0 Å². The van der Waals surface area contributed by atoms with Gasteiger partial charge in [0.05, 0.1) is 17.5 Å². The standard InChI is InChI=1S/C19H16F3NO5/c20-19(21,22)14-9-5-4-8-13(14)17(25)23-15(18(26)27)10-16(24)28-11-12-6-2-1-3-7-12/h1-9,15H,10-11H2,(H,23,25)(H,26,27)/t15-/m0/s1. The molecule has 2 aromatic rings. The lowest BCUT2D eigenvalue weighted by Gasteiger charge is -2.16. The highest BCUT2D eigenvalue weighted by atomic mass is 19.4. The first-order valence-corrected chi connectivity index (χ1v) is 8.08. The number of ether oxygens (including phenoxy) is 1. The molecule has 0 aromatic heterocycles. The summed E-state index contributed by atoms with van der Waals surface area (Å²) in [5.74, 6) is -3.74. The normalized spacial score (nSPS) is 12.1. The van der Waals surface area contributed by atoms with Gasteiger partial charge in [-0.2, -0.15) is 13.2 Å². The molecule has 0 spiro atoms. The smallest absolute Gasteiger partial charge is 0.417 e. The van der Waals surface area contributed by atoms with Gasteiger partial charge in [-0.05, 0) is 17.7 Å². The van der Waals surface area contributed by atoms with Crippen LogP contribution in [-0.2, 0) is 27.1 Å². The summed E-state index contributed by atoms with van der Waals surface area (Å²) in [4.78, 5) is 35.3. The van der Waals surface area contributed by atoms with E-state index < -0.39 is 47.6 Å². The Balaban J connectivity index is 2.04. The van der Waals surface area contributed by atoms with E-state index in [0.29, 0.717) is 11.6 Å². The second-order valence-corrected chi connectivity index (χ2v) is 5.76. The topological polar surface area (TPSA) is 92.7 Å². The average Bonchev–Trinajstić information content (AvgIpc) is 2.66. The molecule has 0 bridgehead atoms. The maximum Gasteiger partial charge on any atom is 0.417 e. The number of esters is 1. The van der Waals surface area contributed by atoms with E-state index in [4.69, 9.17) is 4.74 Å². The van der Waals surface area contributed by atoms with E-state index in [1.807, 2.05) is 5.32 Å². The Morgan fingerprint density at radius 1 is 1.00 bits per heavy atom. The zero-order valence-electron chi connectivity index (χ0n) is 14.4. The summed E-state index contributed by atoms with van der Waals surface area (Å²) >= 11 is 0. The van der Waals surface area contributed by atoms with Crippen molar-refractivity contribution >= 4 is 17.8 Å². The van der Waals surface area contributed by atoms with Crippen LogP contribution in [0, 0.1) is 0 Å². The number of carbonyl (C=O) groups is 3. The maximum absolute atomic E-state index is 13.0. The molecule has 2 rings (SSSR count). The minimum Gasteiger partial charge on any atom is -0.480 e. The molecule has 6 nitrogen and oxygen atoms in total. The number of carboxylic acids is 1. The summed E-state index contributed by atoms with van der Waals surface area (Å²) in [7, 11) is 0. The molecule has 28 heavy (non-hydrogen) atoms. The Kier molecular flexibility index (Phi) is 6.75. The summed E-state index contributed by atoms with van der Waals surface area (Å²) in [5.41, 5.74) is -1.27. The van der Waals surface area contributed by atoms with Gasteiger partial charge in [-0.15, -0.1) is 0 Å². The first-order valence-electron chi connectivity index (χ1n) is 8.08. The molecule has 0 aliphatic carbocycles. The van der Waals surface area contributed by atoms with Crippen LogP contribution in [-0.4, -0.2) is 29.0 Å². The number of hydrogen-bond acceptors (Lipinski definition) is 4. The number of aliphatic carboxylic acids is 1. The molecule has 0 saturated carbocycles.